The van der Waals surface area contributed by atoms with E-state index in [2.05, 4.69) is 36.6 Å². The number of para-hydroxylation sites is 1. The lowest BCUT2D eigenvalue weighted by Gasteiger charge is -2.22. The average Bonchev–Trinajstić information content (AvgIpc) is 2.63. The maximum atomic E-state index is 12.1. The molecule has 0 heterocycles. The van der Waals surface area contributed by atoms with E-state index in [0.717, 1.165) is 17.7 Å². The molecule has 0 aliphatic carbocycles. The van der Waals surface area contributed by atoms with Crippen LogP contribution in [0.5, 0.6) is 5.75 Å². The number of carbonyl (C=O) groups excluding carboxylic acids is 1. The van der Waals surface area contributed by atoms with Gasteiger partial charge in [-0.25, -0.2) is 0 Å². The van der Waals surface area contributed by atoms with E-state index in [9.17, 15) is 4.79 Å². The summed E-state index contributed by atoms with van der Waals surface area (Å²) in [5, 5.41) is 6.34. The zero-order valence-corrected chi connectivity index (χ0v) is 15.3. The van der Waals surface area contributed by atoms with Crippen LogP contribution >= 0.6 is 0 Å². The second-order valence-corrected chi connectivity index (χ2v) is 6.43. The first kappa shape index (κ1) is 19.0. The third-order valence-corrected chi connectivity index (χ3v) is 4.22. The molecule has 2 rings (SSSR count). The molecule has 1 atom stereocenters. The van der Waals surface area contributed by atoms with Gasteiger partial charge in [-0.15, -0.1) is 0 Å². The van der Waals surface area contributed by atoms with Crippen molar-refractivity contribution in [2.45, 2.75) is 26.3 Å². The molecule has 1 amide bonds. The van der Waals surface area contributed by atoms with E-state index in [1.165, 1.54) is 5.56 Å². The second kappa shape index (κ2) is 9.84. The lowest BCUT2D eigenvalue weighted by Crippen LogP contribution is -2.38. The van der Waals surface area contributed by atoms with E-state index in [1.54, 1.807) is 7.11 Å². The molecule has 0 spiro atoms. The van der Waals surface area contributed by atoms with Crippen LogP contribution < -0.4 is 15.4 Å². The minimum atomic E-state index is 0.0106. The SMILES string of the molecule is COc1ccccc1CCNC(=O)CNC(c1ccccc1)C(C)C. The largest absolute Gasteiger partial charge is 0.496 e. The predicted octanol–water partition coefficient (Wildman–Crippen LogP) is 3.34. The van der Waals surface area contributed by atoms with Crippen molar-refractivity contribution in [2.24, 2.45) is 5.92 Å². The van der Waals surface area contributed by atoms with Gasteiger partial charge < -0.3 is 15.4 Å². The van der Waals surface area contributed by atoms with Crippen molar-refractivity contribution in [3.05, 3.63) is 65.7 Å². The van der Waals surface area contributed by atoms with Crippen LogP contribution in [0.2, 0.25) is 0 Å². The Bertz CT molecular complexity index is 656. The summed E-state index contributed by atoms with van der Waals surface area (Å²) in [7, 11) is 1.66. The van der Waals surface area contributed by atoms with Gasteiger partial charge in [-0.2, -0.15) is 0 Å². The molecule has 0 aromatic heterocycles. The number of benzene rings is 2. The van der Waals surface area contributed by atoms with Crippen LogP contribution in [-0.4, -0.2) is 26.1 Å². The molecule has 134 valence electrons. The van der Waals surface area contributed by atoms with Crippen molar-refractivity contribution >= 4 is 5.91 Å². The van der Waals surface area contributed by atoms with Crippen LogP contribution in [0.1, 0.15) is 31.0 Å². The van der Waals surface area contributed by atoms with E-state index < -0.39 is 0 Å². The van der Waals surface area contributed by atoms with Crippen molar-refractivity contribution < 1.29 is 9.53 Å². The first-order valence-electron chi connectivity index (χ1n) is 8.78. The Balaban J connectivity index is 1.79. The molecule has 2 aromatic carbocycles. The summed E-state index contributed by atoms with van der Waals surface area (Å²) in [5.41, 5.74) is 2.31. The molecule has 0 aliphatic rings. The van der Waals surface area contributed by atoms with Gasteiger partial charge in [0.2, 0.25) is 5.91 Å². The van der Waals surface area contributed by atoms with Crippen LogP contribution in [-0.2, 0) is 11.2 Å². The van der Waals surface area contributed by atoms with Gasteiger partial charge in [-0.3, -0.25) is 4.79 Å². The zero-order chi connectivity index (χ0) is 18.1. The summed E-state index contributed by atoms with van der Waals surface area (Å²) in [6.45, 7) is 5.22. The van der Waals surface area contributed by atoms with Crippen molar-refractivity contribution in [2.75, 3.05) is 20.2 Å². The Hall–Kier alpha value is -2.33. The highest BCUT2D eigenvalue weighted by molar-refractivity contribution is 5.78. The first-order chi connectivity index (χ1) is 12.1. The number of ether oxygens (including phenoxy) is 1. The molecule has 0 fully saturated rings. The molecule has 2 aromatic rings. The molecule has 4 nitrogen and oxygen atoms in total. The minimum Gasteiger partial charge on any atom is -0.496 e. The number of hydrogen-bond donors (Lipinski definition) is 2. The normalized spacial score (nSPS) is 12.0. The second-order valence-electron chi connectivity index (χ2n) is 6.43. The Morgan fingerprint density at radius 2 is 1.72 bits per heavy atom. The topological polar surface area (TPSA) is 50.4 Å². The van der Waals surface area contributed by atoms with Crippen molar-refractivity contribution in [1.29, 1.82) is 0 Å². The maximum Gasteiger partial charge on any atom is 0.233 e. The fourth-order valence-corrected chi connectivity index (χ4v) is 2.91. The number of rotatable bonds is 9. The molecule has 0 radical (unpaired) electrons. The van der Waals surface area contributed by atoms with Crippen LogP contribution in [0.4, 0.5) is 0 Å². The lowest BCUT2D eigenvalue weighted by molar-refractivity contribution is -0.120. The molecule has 0 aliphatic heterocycles. The highest BCUT2D eigenvalue weighted by Gasteiger charge is 2.16. The standard InChI is InChI=1S/C21H28N2O2/c1-16(2)21(18-10-5-4-6-11-18)23-15-20(24)22-14-13-17-9-7-8-12-19(17)25-3/h4-12,16,21,23H,13-15H2,1-3H3,(H,22,24). The molecule has 0 saturated carbocycles. The Labute approximate surface area is 150 Å². The van der Waals surface area contributed by atoms with Crippen LogP contribution in [0.25, 0.3) is 0 Å². The quantitative estimate of drug-likeness (QED) is 0.736. The average molecular weight is 340 g/mol. The maximum absolute atomic E-state index is 12.1. The van der Waals surface area contributed by atoms with E-state index in [0.29, 0.717) is 19.0 Å². The summed E-state index contributed by atoms with van der Waals surface area (Å²) in [6.07, 6.45) is 0.752. The molecule has 1 unspecified atom stereocenters. The summed E-state index contributed by atoms with van der Waals surface area (Å²) in [4.78, 5) is 12.1. The van der Waals surface area contributed by atoms with Crippen LogP contribution in [0.15, 0.2) is 54.6 Å². The molecule has 25 heavy (non-hydrogen) atoms. The van der Waals surface area contributed by atoms with Crippen LogP contribution in [0, 0.1) is 5.92 Å². The number of carbonyl (C=O) groups is 1. The highest BCUT2D eigenvalue weighted by atomic mass is 16.5. The van der Waals surface area contributed by atoms with E-state index in [-0.39, 0.29) is 11.9 Å². The molecular weight excluding hydrogens is 312 g/mol. The molecule has 2 N–H and O–H groups in total. The molecule has 0 bridgehead atoms. The van der Waals surface area contributed by atoms with Gasteiger partial charge in [0.05, 0.1) is 13.7 Å². The van der Waals surface area contributed by atoms with Crippen molar-refractivity contribution in [1.82, 2.24) is 10.6 Å². The summed E-state index contributed by atoms with van der Waals surface area (Å²) >= 11 is 0. The van der Waals surface area contributed by atoms with Gasteiger partial charge in [-0.1, -0.05) is 62.4 Å². The van der Waals surface area contributed by atoms with E-state index >= 15 is 0 Å². The van der Waals surface area contributed by atoms with Crippen LogP contribution in [0.3, 0.4) is 0 Å². The van der Waals surface area contributed by atoms with E-state index in [1.807, 2.05) is 42.5 Å². The Morgan fingerprint density at radius 1 is 1.04 bits per heavy atom. The number of amides is 1. The van der Waals surface area contributed by atoms with Crippen molar-refractivity contribution in [3.63, 3.8) is 0 Å². The van der Waals surface area contributed by atoms with Gasteiger partial charge >= 0.3 is 0 Å². The van der Waals surface area contributed by atoms with Gasteiger partial charge in [0.15, 0.2) is 0 Å². The summed E-state index contributed by atoms with van der Waals surface area (Å²) < 4.78 is 5.33. The molecule has 4 heteroatoms. The monoisotopic (exact) mass is 340 g/mol. The fraction of sp³-hybridized carbons (Fsp3) is 0.381. The Kier molecular flexibility index (Phi) is 7.48. The van der Waals surface area contributed by atoms with Gasteiger partial charge in [0, 0.05) is 12.6 Å². The van der Waals surface area contributed by atoms with Crippen molar-refractivity contribution in [3.8, 4) is 5.75 Å². The smallest absolute Gasteiger partial charge is 0.233 e. The number of hydrogen-bond acceptors (Lipinski definition) is 3. The zero-order valence-electron chi connectivity index (χ0n) is 15.3. The first-order valence-corrected chi connectivity index (χ1v) is 8.78. The number of nitrogens with one attached hydrogen (secondary N) is 2. The lowest BCUT2D eigenvalue weighted by atomic mass is 9.96. The third-order valence-electron chi connectivity index (χ3n) is 4.22. The van der Waals surface area contributed by atoms with Gasteiger partial charge in [-0.05, 0) is 29.5 Å². The third kappa shape index (κ3) is 5.91. The predicted molar refractivity (Wildman–Crippen MR) is 102 cm³/mol. The summed E-state index contributed by atoms with van der Waals surface area (Å²) in [5.74, 6) is 1.28. The Morgan fingerprint density at radius 3 is 2.40 bits per heavy atom. The minimum absolute atomic E-state index is 0.0106. The fourth-order valence-electron chi connectivity index (χ4n) is 2.91. The molecule has 0 saturated heterocycles. The van der Waals surface area contributed by atoms with E-state index in [4.69, 9.17) is 4.74 Å². The van der Waals surface area contributed by atoms with Gasteiger partial charge in [0.1, 0.15) is 5.75 Å². The molecular formula is C21H28N2O2. The summed E-state index contributed by atoms with van der Waals surface area (Å²) in [6, 6.07) is 18.3. The highest BCUT2D eigenvalue weighted by Crippen LogP contribution is 2.21. The number of methoxy groups -OCH3 is 1. The van der Waals surface area contributed by atoms with Gasteiger partial charge in [0.25, 0.3) is 0 Å².